The predicted molar refractivity (Wildman–Crippen MR) is 48.9 cm³/mol. The zero-order valence-corrected chi connectivity index (χ0v) is 8.23. The average Bonchev–Trinajstić information content (AvgIpc) is 2.39. The predicted octanol–water partition coefficient (Wildman–Crippen LogP) is 1.20. The van der Waals surface area contributed by atoms with Crippen LogP contribution in [0.3, 0.4) is 0 Å². The lowest BCUT2D eigenvalue weighted by Crippen LogP contribution is -2.07. The van der Waals surface area contributed by atoms with Crippen LogP contribution in [-0.4, -0.2) is 21.4 Å². The highest BCUT2D eigenvalue weighted by Crippen LogP contribution is 2.35. The number of hydrogen-bond donors (Lipinski definition) is 0. The number of ether oxygens (including phenoxy) is 1. The smallest absolute Gasteiger partial charge is 0.282 e. The van der Waals surface area contributed by atoms with E-state index in [0.717, 1.165) is 24.8 Å². The molecule has 0 aromatic carbocycles. The normalized spacial score (nSPS) is 25.5. The van der Waals surface area contributed by atoms with Crippen molar-refractivity contribution in [2.75, 3.05) is 7.11 Å². The summed E-state index contributed by atoms with van der Waals surface area (Å²) in [5, 5.41) is 0. The Kier molecular flexibility index (Phi) is 1.91. The average molecular weight is 201 g/mol. The zero-order valence-electron chi connectivity index (χ0n) is 7.41. The summed E-state index contributed by atoms with van der Waals surface area (Å²) in [5.74, 6) is 0.301. The first-order valence-electron chi connectivity index (χ1n) is 4.26. The van der Waals surface area contributed by atoms with Crippen molar-refractivity contribution in [3.8, 4) is 0 Å². The van der Waals surface area contributed by atoms with Crippen molar-refractivity contribution in [2.24, 2.45) is 4.40 Å². The third kappa shape index (κ3) is 1.27. The van der Waals surface area contributed by atoms with Crippen molar-refractivity contribution in [1.29, 1.82) is 0 Å². The Morgan fingerprint density at radius 3 is 2.69 bits per heavy atom. The van der Waals surface area contributed by atoms with Crippen LogP contribution in [0.1, 0.15) is 25.7 Å². The van der Waals surface area contributed by atoms with Gasteiger partial charge in [0.25, 0.3) is 10.0 Å². The molecule has 0 bridgehead atoms. The van der Waals surface area contributed by atoms with Crippen LogP contribution >= 0.6 is 0 Å². The van der Waals surface area contributed by atoms with Crippen molar-refractivity contribution in [2.45, 2.75) is 25.7 Å². The summed E-state index contributed by atoms with van der Waals surface area (Å²) >= 11 is 0. The van der Waals surface area contributed by atoms with Crippen LogP contribution in [0.2, 0.25) is 0 Å². The molecule has 5 heteroatoms. The van der Waals surface area contributed by atoms with Gasteiger partial charge in [-0.1, -0.05) is 0 Å². The fourth-order valence-corrected chi connectivity index (χ4v) is 3.18. The summed E-state index contributed by atoms with van der Waals surface area (Å²) in [5.41, 5.74) is 0.800. The number of hydrogen-bond acceptors (Lipinski definition) is 3. The molecule has 0 saturated heterocycles. The Balaban J connectivity index is 2.52. The van der Waals surface area contributed by atoms with E-state index in [1.54, 1.807) is 0 Å². The lowest BCUT2D eigenvalue weighted by molar-refractivity contribution is 0.402. The fourth-order valence-electron chi connectivity index (χ4n) is 1.77. The van der Waals surface area contributed by atoms with Crippen molar-refractivity contribution in [1.82, 2.24) is 0 Å². The molecule has 0 saturated carbocycles. The second-order valence-electron chi connectivity index (χ2n) is 3.18. The number of methoxy groups -OCH3 is 1. The van der Waals surface area contributed by atoms with Crippen LogP contribution in [0.15, 0.2) is 14.9 Å². The molecule has 1 aliphatic carbocycles. The molecule has 0 aromatic rings. The maximum Gasteiger partial charge on any atom is 0.282 e. The van der Waals surface area contributed by atoms with Gasteiger partial charge < -0.3 is 4.74 Å². The lowest BCUT2D eigenvalue weighted by Gasteiger charge is -2.12. The van der Waals surface area contributed by atoms with Crippen LogP contribution in [0.5, 0.6) is 0 Å². The van der Waals surface area contributed by atoms with Gasteiger partial charge in [0.1, 0.15) is 0 Å². The summed E-state index contributed by atoms with van der Waals surface area (Å²) < 4.78 is 31.4. The molecule has 72 valence electrons. The molecule has 0 amide bonds. The highest BCUT2D eigenvalue weighted by Gasteiger charge is 2.33. The molecule has 0 spiro atoms. The molecule has 4 nitrogen and oxygen atoms in total. The number of nitrogens with zero attached hydrogens (tertiary/aromatic N) is 1. The molecule has 13 heavy (non-hydrogen) atoms. The second kappa shape index (κ2) is 2.83. The first kappa shape index (κ1) is 8.74. The molecular formula is C8H11NO3S. The topological polar surface area (TPSA) is 55.7 Å². The van der Waals surface area contributed by atoms with E-state index in [9.17, 15) is 8.42 Å². The van der Waals surface area contributed by atoms with Gasteiger partial charge in [0.15, 0.2) is 0 Å². The Bertz CT molecular complexity index is 392. The van der Waals surface area contributed by atoms with E-state index in [2.05, 4.69) is 4.40 Å². The first-order chi connectivity index (χ1) is 6.15. The summed E-state index contributed by atoms with van der Waals surface area (Å²) in [6.07, 6.45) is 3.36. The van der Waals surface area contributed by atoms with Crippen LogP contribution in [0.4, 0.5) is 0 Å². The van der Waals surface area contributed by atoms with Crippen molar-refractivity contribution in [3.63, 3.8) is 0 Å². The van der Waals surface area contributed by atoms with Crippen molar-refractivity contribution < 1.29 is 13.2 Å². The minimum Gasteiger partial charge on any atom is -0.480 e. The molecule has 0 unspecified atom stereocenters. The third-order valence-corrected chi connectivity index (χ3v) is 3.86. The van der Waals surface area contributed by atoms with Gasteiger partial charge in [-0.25, -0.2) is 0 Å². The largest absolute Gasteiger partial charge is 0.480 e. The summed E-state index contributed by atoms with van der Waals surface area (Å²) in [7, 11) is -1.91. The molecule has 2 aliphatic rings. The van der Waals surface area contributed by atoms with E-state index in [1.807, 2.05) is 0 Å². The van der Waals surface area contributed by atoms with Crippen molar-refractivity contribution >= 4 is 15.9 Å². The first-order valence-corrected chi connectivity index (χ1v) is 5.70. The van der Waals surface area contributed by atoms with Gasteiger partial charge in [0, 0.05) is 5.57 Å². The van der Waals surface area contributed by atoms with Crippen LogP contribution in [-0.2, 0) is 14.8 Å². The van der Waals surface area contributed by atoms with E-state index in [-0.39, 0.29) is 0 Å². The highest BCUT2D eigenvalue weighted by atomic mass is 32.2. The maximum atomic E-state index is 11.4. The Morgan fingerprint density at radius 1 is 1.31 bits per heavy atom. The van der Waals surface area contributed by atoms with Gasteiger partial charge in [-0.05, 0) is 25.7 Å². The fraction of sp³-hybridized carbons (Fsp3) is 0.625. The van der Waals surface area contributed by atoms with Gasteiger partial charge in [0.05, 0.1) is 12.0 Å². The van der Waals surface area contributed by atoms with Gasteiger partial charge in [-0.2, -0.15) is 8.42 Å². The minimum atomic E-state index is -3.37. The van der Waals surface area contributed by atoms with Crippen LogP contribution in [0.25, 0.3) is 0 Å². The molecule has 1 heterocycles. The quantitative estimate of drug-likeness (QED) is 0.591. The molecule has 0 radical (unpaired) electrons. The van der Waals surface area contributed by atoms with E-state index < -0.39 is 10.0 Å². The van der Waals surface area contributed by atoms with Gasteiger partial charge in [-0.3, -0.25) is 0 Å². The molecule has 0 N–H and O–H groups in total. The molecule has 0 atom stereocenters. The van der Waals surface area contributed by atoms with Gasteiger partial charge in [-0.15, -0.1) is 4.40 Å². The Morgan fingerprint density at radius 2 is 2.00 bits per heavy atom. The van der Waals surface area contributed by atoms with Crippen molar-refractivity contribution in [3.05, 3.63) is 10.5 Å². The molecule has 0 aromatic heterocycles. The summed E-state index contributed by atoms with van der Waals surface area (Å²) in [6.45, 7) is 0. The monoisotopic (exact) mass is 201 g/mol. The van der Waals surface area contributed by atoms with E-state index in [0.29, 0.717) is 17.2 Å². The molecule has 1 aliphatic heterocycles. The van der Waals surface area contributed by atoms with Gasteiger partial charge >= 0.3 is 0 Å². The number of sulfonamides is 1. The van der Waals surface area contributed by atoms with Gasteiger partial charge in [0.2, 0.25) is 5.90 Å². The second-order valence-corrected chi connectivity index (χ2v) is 4.81. The molecule has 0 fully saturated rings. The van der Waals surface area contributed by atoms with E-state index in [1.165, 1.54) is 7.11 Å². The molecule has 2 rings (SSSR count). The zero-order chi connectivity index (χ0) is 9.47. The van der Waals surface area contributed by atoms with Crippen LogP contribution in [0, 0.1) is 0 Å². The third-order valence-electron chi connectivity index (χ3n) is 2.38. The highest BCUT2D eigenvalue weighted by molar-refractivity contribution is 7.94. The number of allylic oxidation sites excluding steroid dienone is 1. The minimum absolute atomic E-state index is 0.301. The molecular weight excluding hydrogens is 190 g/mol. The summed E-state index contributed by atoms with van der Waals surface area (Å²) in [6, 6.07) is 0. The van der Waals surface area contributed by atoms with E-state index in [4.69, 9.17) is 4.74 Å². The van der Waals surface area contributed by atoms with Crippen LogP contribution < -0.4 is 0 Å². The SMILES string of the molecule is COC1=NS(=O)(=O)C2=C1CCCC2. The Hall–Kier alpha value is -0.840. The standard InChI is InChI=1S/C8H11NO3S/c1-12-8-6-4-2-3-5-7(6)13(10,11)9-8/h2-5H2,1H3. The Labute approximate surface area is 77.4 Å². The maximum absolute atomic E-state index is 11.4. The lowest BCUT2D eigenvalue weighted by atomic mass is 9.99. The van der Waals surface area contributed by atoms with E-state index >= 15 is 0 Å². The number of rotatable bonds is 0. The summed E-state index contributed by atoms with van der Waals surface area (Å²) in [4.78, 5) is 0.482.